The Morgan fingerprint density at radius 1 is 1.27 bits per heavy atom. The third-order valence-electron chi connectivity index (χ3n) is 4.05. The zero-order chi connectivity index (χ0) is 19.1. The monoisotopic (exact) mass is 357 g/mol. The van der Waals surface area contributed by atoms with Crippen molar-refractivity contribution in [2.24, 2.45) is 0 Å². The molecule has 0 saturated heterocycles. The average Bonchev–Trinajstić information content (AvgIpc) is 2.65. The molecule has 0 aliphatic heterocycles. The standard InChI is InChI=1S/C19H23N3O4/c1-4-25-18(23)14(11-20)12-22(3)17-15(19(24)26-5-2)10-13-8-6-7-9-16(13)21-17/h10,12H,4-9H2,1-3H3/b14-12-. The summed E-state index contributed by atoms with van der Waals surface area (Å²) in [4.78, 5) is 30.3. The van der Waals surface area contributed by atoms with Crippen molar-refractivity contribution in [2.75, 3.05) is 25.2 Å². The Bertz CT molecular complexity index is 765. The maximum Gasteiger partial charge on any atom is 0.350 e. The predicted octanol–water partition coefficient (Wildman–Crippen LogP) is 2.54. The highest BCUT2D eigenvalue weighted by atomic mass is 16.5. The van der Waals surface area contributed by atoms with E-state index >= 15 is 0 Å². The molecule has 1 aromatic heterocycles. The summed E-state index contributed by atoms with van der Waals surface area (Å²) in [6.07, 6.45) is 5.16. The van der Waals surface area contributed by atoms with Gasteiger partial charge in [-0.15, -0.1) is 0 Å². The number of pyridine rings is 1. The maximum atomic E-state index is 12.4. The van der Waals surface area contributed by atoms with Crippen LogP contribution in [0.25, 0.3) is 0 Å². The lowest BCUT2D eigenvalue weighted by atomic mass is 9.94. The molecule has 0 amide bonds. The number of hydrogen-bond donors (Lipinski definition) is 0. The van der Waals surface area contributed by atoms with E-state index in [1.54, 1.807) is 20.9 Å². The zero-order valence-electron chi connectivity index (χ0n) is 15.4. The molecule has 0 unspecified atom stereocenters. The minimum Gasteiger partial charge on any atom is -0.462 e. The molecule has 1 aliphatic rings. The van der Waals surface area contributed by atoms with Crippen LogP contribution in [0.5, 0.6) is 0 Å². The van der Waals surface area contributed by atoms with E-state index in [4.69, 9.17) is 9.47 Å². The van der Waals surface area contributed by atoms with E-state index in [9.17, 15) is 14.9 Å². The Balaban J connectivity index is 2.46. The molecule has 0 N–H and O–H groups in total. The number of ether oxygens (including phenoxy) is 2. The summed E-state index contributed by atoms with van der Waals surface area (Å²) in [5.41, 5.74) is 2.15. The van der Waals surface area contributed by atoms with Gasteiger partial charge in [0.1, 0.15) is 17.5 Å². The molecule has 1 aromatic rings. The minimum atomic E-state index is -0.711. The fourth-order valence-electron chi connectivity index (χ4n) is 2.84. The molecule has 0 bridgehead atoms. The Morgan fingerprint density at radius 3 is 2.62 bits per heavy atom. The normalized spacial score (nSPS) is 13.4. The number of carbonyl (C=O) groups excluding carboxylic acids is 2. The minimum absolute atomic E-state index is 0.163. The molecular weight excluding hydrogens is 334 g/mol. The molecule has 0 fully saturated rings. The zero-order valence-corrected chi connectivity index (χ0v) is 15.4. The van der Waals surface area contributed by atoms with E-state index in [1.165, 1.54) is 11.1 Å². The summed E-state index contributed by atoms with van der Waals surface area (Å²) >= 11 is 0. The second kappa shape index (κ2) is 8.99. The highest BCUT2D eigenvalue weighted by Crippen LogP contribution is 2.27. The smallest absolute Gasteiger partial charge is 0.350 e. The van der Waals surface area contributed by atoms with Gasteiger partial charge in [0.05, 0.1) is 13.2 Å². The van der Waals surface area contributed by atoms with Crippen LogP contribution in [0.3, 0.4) is 0 Å². The van der Waals surface area contributed by atoms with E-state index < -0.39 is 11.9 Å². The van der Waals surface area contributed by atoms with Gasteiger partial charge in [0, 0.05) is 18.9 Å². The van der Waals surface area contributed by atoms with Crippen molar-refractivity contribution < 1.29 is 19.1 Å². The van der Waals surface area contributed by atoms with Crippen LogP contribution in [-0.4, -0.2) is 37.2 Å². The second-order valence-electron chi connectivity index (χ2n) is 5.88. The number of aryl methyl sites for hydroxylation is 2. The van der Waals surface area contributed by atoms with E-state index in [1.807, 2.05) is 12.1 Å². The Hall–Kier alpha value is -2.88. The molecule has 0 atom stereocenters. The number of nitriles is 1. The summed E-state index contributed by atoms with van der Waals surface area (Å²) < 4.78 is 10.0. The van der Waals surface area contributed by atoms with E-state index in [0.717, 1.165) is 36.9 Å². The number of fused-ring (bicyclic) bond motifs is 1. The summed E-state index contributed by atoms with van der Waals surface area (Å²) in [5.74, 6) is -0.822. The number of nitrogens with zero attached hydrogens (tertiary/aromatic N) is 3. The van der Waals surface area contributed by atoms with Gasteiger partial charge in [-0.3, -0.25) is 0 Å². The van der Waals surface area contributed by atoms with E-state index in [0.29, 0.717) is 11.4 Å². The van der Waals surface area contributed by atoms with Gasteiger partial charge in [-0.2, -0.15) is 5.26 Å². The van der Waals surface area contributed by atoms with Gasteiger partial charge >= 0.3 is 11.9 Å². The van der Waals surface area contributed by atoms with Crippen LogP contribution in [0, 0.1) is 11.3 Å². The molecule has 26 heavy (non-hydrogen) atoms. The SMILES string of the molecule is CCOC(=O)/C(C#N)=C\N(C)c1nc2c(cc1C(=O)OCC)CCCC2. The summed E-state index contributed by atoms with van der Waals surface area (Å²) in [6.45, 7) is 3.83. The number of anilines is 1. The van der Waals surface area contributed by atoms with E-state index in [2.05, 4.69) is 4.98 Å². The van der Waals surface area contributed by atoms with Crippen LogP contribution >= 0.6 is 0 Å². The Morgan fingerprint density at radius 2 is 1.96 bits per heavy atom. The molecule has 0 radical (unpaired) electrons. The third-order valence-corrected chi connectivity index (χ3v) is 4.05. The lowest BCUT2D eigenvalue weighted by Crippen LogP contribution is -2.21. The molecule has 0 aromatic carbocycles. The fraction of sp³-hybridized carbons (Fsp3) is 0.474. The molecule has 1 heterocycles. The van der Waals surface area contributed by atoms with Gasteiger partial charge in [-0.1, -0.05) is 0 Å². The number of carbonyl (C=O) groups is 2. The van der Waals surface area contributed by atoms with Crippen molar-refractivity contribution in [1.82, 2.24) is 4.98 Å². The van der Waals surface area contributed by atoms with Crippen molar-refractivity contribution >= 4 is 17.8 Å². The van der Waals surface area contributed by atoms with Crippen LogP contribution in [0.4, 0.5) is 5.82 Å². The van der Waals surface area contributed by atoms with Crippen LogP contribution in [0.15, 0.2) is 17.8 Å². The van der Waals surface area contributed by atoms with Crippen molar-refractivity contribution in [3.63, 3.8) is 0 Å². The first-order valence-electron chi connectivity index (χ1n) is 8.73. The van der Waals surface area contributed by atoms with Gasteiger partial charge in [0.25, 0.3) is 0 Å². The molecule has 0 saturated carbocycles. The molecule has 1 aliphatic carbocycles. The van der Waals surface area contributed by atoms with Gasteiger partial charge in [0.15, 0.2) is 5.57 Å². The van der Waals surface area contributed by atoms with Crippen molar-refractivity contribution in [3.8, 4) is 6.07 Å². The maximum absolute atomic E-state index is 12.4. The van der Waals surface area contributed by atoms with Crippen molar-refractivity contribution in [2.45, 2.75) is 39.5 Å². The second-order valence-corrected chi connectivity index (χ2v) is 5.88. The Labute approximate surface area is 153 Å². The van der Waals surface area contributed by atoms with Gasteiger partial charge < -0.3 is 14.4 Å². The lowest BCUT2D eigenvalue weighted by molar-refractivity contribution is -0.138. The fourth-order valence-corrected chi connectivity index (χ4v) is 2.84. The highest BCUT2D eigenvalue weighted by molar-refractivity contribution is 5.96. The summed E-state index contributed by atoms with van der Waals surface area (Å²) in [5, 5.41) is 9.22. The molecule has 138 valence electrons. The number of esters is 2. The first-order chi connectivity index (χ1) is 12.5. The number of hydrogen-bond acceptors (Lipinski definition) is 7. The number of aromatic nitrogens is 1. The largest absolute Gasteiger partial charge is 0.462 e. The molecule has 0 spiro atoms. The van der Waals surface area contributed by atoms with Crippen molar-refractivity contribution in [3.05, 3.63) is 34.7 Å². The van der Waals surface area contributed by atoms with Gasteiger partial charge in [-0.25, -0.2) is 14.6 Å². The first-order valence-corrected chi connectivity index (χ1v) is 8.73. The van der Waals surface area contributed by atoms with E-state index in [-0.39, 0.29) is 18.8 Å². The van der Waals surface area contributed by atoms with Gasteiger partial charge in [-0.05, 0) is 51.2 Å². The molecule has 7 nitrogen and oxygen atoms in total. The van der Waals surface area contributed by atoms with Crippen molar-refractivity contribution in [1.29, 1.82) is 5.26 Å². The predicted molar refractivity (Wildman–Crippen MR) is 95.6 cm³/mol. The quantitative estimate of drug-likeness (QED) is 0.439. The molecule has 2 rings (SSSR count). The summed E-state index contributed by atoms with van der Waals surface area (Å²) in [7, 11) is 1.64. The summed E-state index contributed by atoms with van der Waals surface area (Å²) in [6, 6.07) is 3.64. The topological polar surface area (TPSA) is 92.5 Å². The lowest BCUT2D eigenvalue weighted by Gasteiger charge is -2.22. The van der Waals surface area contributed by atoms with Gasteiger partial charge in [0.2, 0.25) is 0 Å². The average molecular weight is 357 g/mol. The van der Waals surface area contributed by atoms with Crippen LogP contribution in [0.1, 0.15) is 48.3 Å². The first kappa shape index (κ1) is 19.4. The molecule has 7 heteroatoms. The third kappa shape index (κ3) is 4.39. The van der Waals surface area contributed by atoms with Crippen LogP contribution < -0.4 is 4.90 Å². The molecular formula is C19H23N3O4. The Kier molecular flexibility index (Phi) is 6.73. The van der Waals surface area contributed by atoms with Crippen LogP contribution in [-0.2, 0) is 27.1 Å². The van der Waals surface area contributed by atoms with Crippen LogP contribution in [0.2, 0.25) is 0 Å². The highest BCUT2D eigenvalue weighted by Gasteiger charge is 2.23. The number of rotatable bonds is 6.